The second-order valence-electron chi connectivity index (χ2n) is 6.74. The van der Waals surface area contributed by atoms with Crippen LogP contribution in [-0.4, -0.2) is 41.5 Å². The van der Waals surface area contributed by atoms with E-state index in [9.17, 15) is 4.79 Å². The van der Waals surface area contributed by atoms with E-state index in [4.69, 9.17) is 16.6 Å². The number of rotatable bonds is 8. The molecule has 6 nitrogen and oxygen atoms in total. The van der Waals surface area contributed by atoms with Crippen molar-refractivity contribution in [2.75, 3.05) is 20.1 Å². The maximum Gasteiger partial charge on any atom is 0.251 e. The fourth-order valence-corrected chi connectivity index (χ4v) is 3.10. The molecule has 7 heteroatoms. The Bertz CT molecular complexity index is 815. The third-order valence-corrected chi connectivity index (χ3v) is 4.51. The minimum atomic E-state index is -0.0442. The summed E-state index contributed by atoms with van der Waals surface area (Å²) in [5.74, 6) is 0.762. The summed E-state index contributed by atoms with van der Waals surface area (Å²) in [7, 11) is 3.98. The highest BCUT2D eigenvalue weighted by Gasteiger charge is 2.10. The average Bonchev–Trinajstić information content (AvgIpc) is 3.00. The van der Waals surface area contributed by atoms with Gasteiger partial charge in [-0.15, -0.1) is 0 Å². The molecule has 2 N–H and O–H groups in total. The highest BCUT2D eigenvalue weighted by atomic mass is 35.5. The van der Waals surface area contributed by atoms with Crippen molar-refractivity contribution in [2.45, 2.75) is 33.4 Å². The molecular formula is C21H30ClN5O. The first kappa shape index (κ1) is 21.8. The number of carbonyl (C=O) groups excluding carboxylic acids is 1. The number of aliphatic imine (C=N–C) groups is 1. The number of amides is 1. The fraction of sp³-hybridized carbons (Fsp3) is 0.429. The number of benzene rings is 1. The number of aromatic nitrogens is 1. The standard InChI is InChI=1S/C21H30ClN5O/c1-5-10-24-20(28)17-9-7-8-16(11-17)13-25-21(23-6-2)27(4)15-19-12-18(22)14-26(19)3/h7-9,11-12,14H,5-6,10,13,15H2,1-4H3,(H,23,25)(H,24,28). The number of guanidine groups is 1. The number of nitrogens with one attached hydrogen (secondary N) is 2. The Morgan fingerprint density at radius 3 is 2.68 bits per heavy atom. The first-order chi connectivity index (χ1) is 13.4. The van der Waals surface area contributed by atoms with E-state index in [1.165, 1.54) is 0 Å². The maximum absolute atomic E-state index is 12.2. The number of nitrogens with zero attached hydrogens (tertiary/aromatic N) is 3. The van der Waals surface area contributed by atoms with Crippen LogP contribution in [0.2, 0.25) is 5.02 Å². The molecular weight excluding hydrogens is 374 g/mol. The summed E-state index contributed by atoms with van der Waals surface area (Å²) in [6.07, 6.45) is 2.81. The summed E-state index contributed by atoms with van der Waals surface area (Å²) in [6.45, 7) is 6.72. The van der Waals surface area contributed by atoms with Crippen molar-refractivity contribution in [1.82, 2.24) is 20.1 Å². The summed E-state index contributed by atoms with van der Waals surface area (Å²) >= 11 is 6.09. The van der Waals surface area contributed by atoms with Gasteiger partial charge in [0.15, 0.2) is 5.96 Å². The molecule has 0 atom stereocenters. The van der Waals surface area contributed by atoms with Crippen LogP contribution in [0.3, 0.4) is 0 Å². The van der Waals surface area contributed by atoms with Gasteiger partial charge in [0, 0.05) is 44.6 Å². The molecule has 1 aromatic heterocycles. The second kappa shape index (κ2) is 10.8. The van der Waals surface area contributed by atoms with Gasteiger partial charge < -0.3 is 20.1 Å². The van der Waals surface area contributed by atoms with Crippen LogP contribution in [0, 0.1) is 0 Å². The predicted molar refractivity (Wildman–Crippen MR) is 116 cm³/mol. The van der Waals surface area contributed by atoms with Gasteiger partial charge >= 0.3 is 0 Å². The zero-order valence-corrected chi connectivity index (χ0v) is 17.9. The molecule has 0 radical (unpaired) electrons. The normalized spacial score (nSPS) is 11.4. The molecule has 28 heavy (non-hydrogen) atoms. The first-order valence-electron chi connectivity index (χ1n) is 9.61. The van der Waals surface area contributed by atoms with Crippen LogP contribution in [0.5, 0.6) is 0 Å². The third kappa shape index (κ3) is 6.30. The van der Waals surface area contributed by atoms with Crippen molar-refractivity contribution in [1.29, 1.82) is 0 Å². The molecule has 1 amide bonds. The minimum absolute atomic E-state index is 0.0442. The van der Waals surface area contributed by atoms with Crippen LogP contribution < -0.4 is 10.6 Å². The number of aryl methyl sites for hydroxylation is 1. The predicted octanol–water partition coefficient (Wildman–Crippen LogP) is 3.42. The van der Waals surface area contributed by atoms with Crippen molar-refractivity contribution >= 4 is 23.5 Å². The molecule has 0 saturated heterocycles. The smallest absolute Gasteiger partial charge is 0.251 e. The Morgan fingerprint density at radius 2 is 2.04 bits per heavy atom. The van der Waals surface area contributed by atoms with Crippen LogP contribution in [0.4, 0.5) is 0 Å². The Hall–Kier alpha value is -2.47. The molecule has 152 valence electrons. The lowest BCUT2D eigenvalue weighted by Crippen LogP contribution is -2.38. The largest absolute Gasteiger partial charge is 0.357 e. The molecule has 0 unspecified atom stereocenters. The highest BCUT2D eigenvalue weighted by Crippen LogP contribution is 2.14. The lowest BCUT2D eigenvalue weighted by atomic mass is 10.1. The van der Waals surface area contributed by atoms with E-state index in [0.717, 1.165) is 35.2 Å². The topological polar surface area (TPSA) is 61.7 Å². The van der Waals surface area contributed by atoms with Crippen LogP contribution in [-0.2, 0) is 20.1 Å². The minimum Gasteiger partial charge on any atom is -0.357 e. The molecule has 0 fully saturated rings. The Balaban J connectivity index is 2.09. The zero-order chi connectivity index (χ0) is 20.5. The van der Waals surface area contributed by atoms with Gasteiger partial charge in [-0.3, -0.25) is 4.79 Å². The summed E-state index contributed by atoms with van der Waals surface area (Å²) in [5, 5.41) is 6.95. The molecule has 1 aromatic carbocycles. The van der Waals surface area contributed by atoms with E-state index in [2.05, 4.69) is 15.5 Å². The van der Waals surface area contributed by atoms with Gasteiger partial charge in [0.2, 0.25) is 0 Å². The third-order valence-electron chi connectivity index (χ3n) is 4.31. The Labute approximate surface area is 172 Å². The average molecular weight is 404 g/mol. The lowest BCUT2D eigenvalue weighted by Gasteiger charge is -2.22. The quantitative estimate of drug-likeness (QED) is 0.524. The molecule has 2 rings (SSSR count). The first-order valence-corrected chi connectivity index (χ1v) is 9.99. The molecule has 0 spiro atoms. The molecule has 1 heterocycles. The number of hydrogen-bond acceptors (Lipinski definition) is 2. The summed E-state index contributed by atoms with van der Waals surface area (Å²) in [5.41, 5.74) is 2.76. The SMILES string of the molecule is CCCNC(=O)c1cccc(CN=C(NCC)N(C)Cc2cc(Cl)cn2C)c1. The van der Waals surface area contributed by atoms with Crippen molar-refractivity contribution < 1.29 is 4.79 Å². The van der Waals surface area contributed by atoms with E-state index < -0.39 is 0 Å². The van der Waals surface area contributed by atoms with Gasteiger partial charge in [-0.2, -0.15) is 0 Å². The zero-order valence-electron chi connectivity index (χ0n) is 17.1. The summed E-state index contributed by atoms with van der Waals surface area (Å²) in [4.78, 5) is 19.0. The van der Waals surface area contributed by atoms with Crippen molar-refractivity contribution in [2.24, 2.45) is 12.0 Å². The van der Waals surface area contributed by atoms with Crippen molar-refractivity contribution in [3.63, 3.8) is 0 Å². The van der Waals surface area contributed by atoms with Crippen molar-refractivity contribution in [3.8, 4) is 0 Å². The van der Waals surface area contributed by atoms with Crippen LogP contribution in [0.25, 0.3) is 0 Å². The second-order valence-corrected chi connectivity index (χ2v) is 7.18. The molecule has 0 bridgehead atoms. The number of halogens is 1. The highest BCUT2D eigenvalue weighted by molar-refractivity contribution is 6.30. The summed E-state index contributed by atoms with van der Waals surface area (Å²) < 4.78 is 2.01. The van der Waals surface area contributed by atoms with Crippen LogP contribution >= 0.6 is 11.6 Å². The van der Waals surface area contributed by atoms with E-state index in [-0.39, 0.29) is 5.91 Å². The van der Waals surface area contributed by atoms with Gasteiger partial charge in [0.25, 0.3) is 5.91 Å². The van der Waals surface area contributed by atoms with Gasteiger partial charge in [0.1, 0.15) is 0 Å². The van der Waals surface area contributed by atoms with Gasteiger partial charge in [-0.05, 0) is 37.1 Å². The summed E-state index contributed by atoms with van der Waals surface area (Å²) in [6, 6.07) is 9.57. The van der Waals surface area contributed by atoms with E-state index in [1.807, 2.05) is 69.0 Å². The Kier molecular flexibility index (Phi) is 8.39. The van der Waals surface area contributed by atoms with E-state index in [1.54, 1.807) is 0 Å². The molecule has 0 aliphatic carbocycles. The van der Waals surface area contributed by atoms with Gasteiger partial charge in [-0.25, -0.2) is 4.99 Å². The van der Waals surface area contributed by atoms with Gasteiger partial charge in [-0.1, -0.05) is 30.7 Å². The number of carbonyl (C=O) groups is 1. The molecule has 2 aromatic rings. The van der Waals surface area contributed by atoms with E-state index >= 15 is 0 Å². The fourth-order valence-electron chi connectivity index (χ4n) is 2.83. The van der Waals surface area contributed by atoms with Gasteiger partial charge in [0.05, 0.1) is 18.1 Å². The van der Waals surface area contributed by atoms with Crippen molar-refractivity contribution in [3.05, 3.63) is 58.4 Å². The molecule has 0 aliphatic heterocycles. The maximum atomic E-state index is 12.2. The monoisotopic (exact) mass is 403 g/mol. The van der Waals surface area contributed by atoms with Crippen LogP contribution in [0.1, 0.15) is 41.9 Å². The molecule has 0 aliphatic rings. The molecule has 0 saturated carbocycles. The lowest BCUT2D eigenvalue weighted by molar-refractivity contribution is 0.0953. The van der Waals surface area contributed by atoms with Crippen LogP contribution in [0.15, 0.2) is 41.5 Å². The number of hydrogen-bond donors (Lipinski definition) is 2. The van der Waals surface area contributed by atoms with E-state index in [0.29, 0.717) is 25.2 Å². The Morgan fingerprint density at radius 1 is 1.25 bits per heavy atom.